The molecule has 0 aromatic carbocycles. The molecule has 15 heavy (non-hydrogen) atoms. The van der Waals surface area contributed by atoms with Crippen molar-refractivity contribution in [2.24, 2.45) is 0 Å². The van der Waals surface area contributed by atoms with Gasteiger partial charge >= 0.3 is 0 Å². The van der Waals surface area contributed by atoms with E-state index in [1.165, 1.54) is 0 Å². The van der Waals surface area contributed by atoms with Crippen molar-refractivity contribution in [3.8, 4) is 0 Å². The van der Waals surface area contributed by atoms with Gasteiger partial charge in [0.15, 0.2) is 0 Å². The maximum absolute atomic E-state index is 4.08. The van der Waals surface area contributed by atoms with Crippen LogP contribution in [0.5, 0.6) is 0 Å². The highest BCUT2D eigenvalue weighted by Crippen LogP contribution is 2.40. The van der Waals surface area contributed by atoms with E-state index in [0.29, 0.717) is 9.65 Å². The molecule has 0 nitrogen and oxygen atoms in total. The average molecular weight is 601 g/mol. The highest BCUT2D eigenvalue weighted by atomic mass is 79.9. The Bertz CT molecular complexity index is 160. The monoisotopic (exact) mass is 595 g/mol. The Labute approximate surface area is 143 Å². The molecule has 91 valence electrons. The minimum Gasteiger partial charge on any atom is -0.0916 e. The SMILES string of the molecule is [CH2]C(Br)C(Br)(CC(Br)CBr)CC(Br)CBr. The summed E-state index contributed by atoms with van der Waals surface area (Å²) >= 11 is 21.6. The molecule has 0 saturated heterocycles. The van der Waals surface area contributed by atoms with Crippen LogP contribution in [0.4, 0.5) is 0 Å². The van der Waals surface area contributed by atoms with Crippen molar-refractivity contribution in [2.75, 3.05) is 10.7 Å². The van der Waals surface area contributed by atoms with E-state index in [-0.39, 0.29) is 9.15 Å². The third kappa shape index (κ3) is 7.14. The van der Waals surface area contributed by atoms with Crippen molar-refractivity contribution < 1.29 is 0 Å². The first-order valence-corrected chi connectivity index (χ1v) is 10.2. The molecule has 0 saturated carbocycles. The second-order valence-electron chi connectivity index (χ2n) is 3.41. The Kier molecular flexibility index (Phi) is 10.6. The molecule has 0 N–H and O–H groups in total. The maximum atomic E-state index is 4.08. The van der Waals surface area contributed by atoms with Crippen molar-refractivity contribution in [3.63, 3.8) is 0 Å². The Morgan fingerprint density at radius 3 is 1.47 bits per heavy atom. The van der Waals surface area contributed by atoms with Crippen molar-refractivity contribution >= 4 is 95.6 Å². The fraction of sp³-hybridized carbons (Fsp3) is 0.889. The molecule has 0 aliphatic carbocycles. The number of rotatable bonds is 7. The Hall–Kier alpha value is 2.88. The Morgan fingerprint density at radius 1 is 0.933 bits per heavy atom. The van der Waals surface area contributed by atoms with Crippen LogP contribution in [0.3, 0.4) is 0 Å². The Balaban J connectivity index is 4.44. The maximum Gasteiger partial charge on any atom is 0.0404 e. The van der Waals surface area contributed by atoms with Gasteiger partial charge in [0.05, 0.1) is 0 Å². The molecule has 0 amide bonds. The topological polar surface area (TPSA) is 0 Å². The average Bonchev–Trinajstić information content (AvgIpc) is 2.16. The first-order chi connectivity index (χ1) is 6.85. The van der Waals surface area contributed by atoms with Gasteiger partial charge in [-0.05, 0) is 19.8 Å². The van der Waals surface area contributed by atoms with Gasteiger partial charge in [0.25, 0.3) is 0 Å². The fourth-order valence-corrected chi connectivity index (χ4v) is 4.82. The van der Waals surface area contributed by atoms with Gasteiger partial charge in [0, 0.05) is 29.5 Å². The van der Waals surface area contributed by atoms with Gasteiger partial charge in [-0.1, -0.05) is 95.6 Å². The Morgan fingerprint density at radius 2 is 1.27 bits per heavy atom. The van der Waals surface area contributed by atoms with Crippen LogP contribution in [0.2, 0.25) is 0 Å². The molecular formula is C9H13Br6. The smallest absolute Gasteiger partial charge is 0.0404 e. The molecule has 3 unspecified atom stereocenters. The fourth-order valence-electron chi connectivity index (χ4n) is 1.18. The van der Waals surface area contributed by atoms with Crippen LogP contribution in [-0.4, -0.2) is 29.5 Å². The van der Waals surface area contributed by atoms with Crippen molar-refractivity contribution in [1.29, 1.82) is 0 Å². The van der Waals surface area contributed by atoms with Gasteiger partial charge in [-0.25, -0.2) is 0 Å². The summed E-state index contributed by atoms with van der Waals surface area (Å²) in [6.45, 7) is 4.08. The van der Waals surface area contributed by atoms with Crippen LogP contribution in [0, 0.1) is 6.92 Å². The lowest BCUT2D eigenvalue weighted by molar-refractivity contribution is 0.537. The van der Waals surface area contributed by atoms with Gasteiger partial charge in [-0.15, -0.1) is 0 Å². The molecule has 1 radical (unpaired) electrons. The zero-order chi connectivity index (χ0) is 12.1. The van der Waals surface area contributed by atoms with Crippen LogP contribution in [0.1, 0.15) is 12.8 Å². The standard InChI is InChI=1S/C9H13Br6/c1-6(12)9(15,2-7(13)4-10)3-8(14)5-11/h6-8H,1-5H2. The number of halogens is 6. The molecule has 0 fully saturated rings. The highest BCUT2D eigenvalue weighted by Gasteiger charge is 2.35. The number of hydrogen-bond donors (Lipinski definition) is 0. The molecule has 0 spiro atoms. The summed E-state index contributed by atoms with van der Waals surface area (Å²) in [5.41, 5.74) is 0. The third-order valence-electron chi connectivity index (χ3n) is 2.02. The summed E-state index contributed by atoms with van der Waals surface area (Å²) in [5, 5.41) is 1.89. The van der Waals surface area contributed by atoms with Crippen LogP contribution in [0.15, 0.2) is 0 Å². The van der Waals surface area contributed by atoms with E-state index in [1.54, 1.807) is 0 Å². The molecule has 0 aromatic heterocycles. The van der Waals surface area contributed by atoms with E-state index in [1.807, 2.05) is 0 Å². The number of hydrogen-bond acceptors (Lipinski definition) is 0. The van der Waals surface area contributed by atoms with Gasteiger partial charge in [0.2, 0.25) is 0 Å². The van der Waals surface area contributed by atoms with Crippen LogP contribution in [0.25, 0.3) is 0 Å². The quantitative estimate of drug-likeness (QED) is 0.324. The van der Waals surface area contributed by atoms with Gasteiger partial charge in [-0.3, -0.25) is 0 Å². The lowest BCUT2D eigenvalue weighted by atomic mass is 9.95. The third-order valence-corrected chi connectivity index (χ3v) is 9.30. The second kappa shape index (κ2) is 8.89. The van der Waals surface area contributed by atoms with E-state index in [4.69, 9.17) is 0 Å². The second-order valence-corrected chi connectivity index (χ2v) is 9.98. The zero-order valence-corrected chi connectivity index (χ0v) is 17.6. The van der Waals surface area contributed by atoms with Gasteiger partial charge in [0.1, 0.15) is 0 Å². The van der Waals surface area contributed by atoms with E-state index in [2.05, 4.69) is 103 Å². The lowest BCUT2D eigenvalue weighted by Crippen LogP contribution is -2.36. The highest BCUT2D eigenvalue weighted by molar-refractivity contribution is 9.13. The van der Waals surface area contributed by atoms with Gasteiger partial charge in [-0.2, -0.15) is 0 Å². The molecule has 0 aromatic rings. The predicted molar refractivity (Wildman–Crippen MR) is 92.0 cm³/mol. The van der Waals surface area contributed by atoms with Crippen LogP contribution in [-0.2, 0) is 0 Å². The molecule has 6 heteroatoms. The summed E-state index contributed by atoms with van der Waals surface area (Å²) in [7, 11) is 0. The largest absolute Gasteiger partial charge is 0.0916 e. The molecule has 0 heterocycles. The first kappa shape index (κ1) is 17.9. The van der Waals surface area contributed by atoms with E-state index >= 15 is 0 Å². The first-order valence-electron chi connectivity index (χ1n) is 4.42. The number of alkyl halides is 6. The van der Waals surface area contributed by atoms with Crippen molar-refractivity contribution in [1.82, 2.24) is 0 Å². The molecule has 3 atom stereocenters. The van der Waals surface area contributed by atoms with Crippen LogP contribution < -0.4 is 0 Å². The summed E-state index contributed by atoms with van der Waals surface area (Å²) in [5.74, 6) is 0. The van der Waals surface area contributed by atoms with E-state index < -0.39 is 0 Å². The normalized spacial score (nSPS) is 21.8. The lowest BCUT2D eigenvalue weighted by Gasteiger charge is -2.33. The van der Waals surface area contributed by atoms with Crippen LogP contribution >= 0.6 is 95.6 Å². The molecule has 0 rings (SSSR count). The summed E-state index contributed by atoms with van der Waals surface area (Å²) in [6.07, 6.45) is 2.04. The van der Waals surface area contributed by atoms with E-state index in [0.717, 1.165) is 23.5 Å². The predicted octanol–water partition coefficient (Wildman–Crippen LogP) is 5.81. The molecule has 0 aliphatic rings. The zero-order valence-electron chi connectivity index (χ0n) is 8.04. The minimum atomic E-state index is 0.0108. The van der Waals surface area contributed by atoms with Crippen molar-refractivity contribution in [3.05, 3.63) is 6.92 Å². The summed E-state index contributed by atoms with van der Waals surface area (Å²) in [4.78, 5) is 1.09. The summed E-state index contributed by atoms with van der Waals surface area (Å²) in [6, 6.07) is 0. The molecule has 0 bridgehead atoms. The summed E-state index contributed by atoms with van der Waals surface area (Å²) < 4.78 is 0.0108. The van der Waals surface area contributed by atoms with Gasteiger partial charge < -0.3 is 0 Å². The minimum absolute atomic E-state index is 0.0108. The van der Waals surface area contributed by atoms with E-state index in [9.17, 15) is 0 Å². The molecular weight excluding hydrogens is 588 g/mol. The molecule has 0 aliphatic heterocycles. The van der Waals surface area contributed by atoms with Crippen molar-refractivity contribution in [2.45, 2.75) is 31.6 Å².